The fourth-order valence-electron chi connectivity index (χ4n) is 9.25. The van der Waals surface area contributed by atoms with Crippen LogP contribution in [0.3, 0.4) is 0 Å². The number of anilines is 3. The van der Waals surface area contributed by atoms with Crippen LogP contribution in [0.1, 0.15) is 115 Å². The van der Waals surface area contributed by atoms with Gasteiger partial charge in [0.2, 0.25) is 17.7 Å². The molecule has 2 atom stereocenters. The van der Waals surface area contributed by atoms with E-state index < -0.39 is 47.5 Å². The number of nitrogens with one attached hydrogen (secondary N) is 3. The van der Waals surface area contributed by atoms with E-state index >= 15 is 0 Å². The average molecular weight is 929 g/mol. The van der Waals surface area contributed by atoms with Gasteiger partial charge in [-0.1, -0.05) is 6.07 Å². The van der Waals surface area contributed by atoms with Crippen LogP contribution in [0.5, 0.6) is 11.5 Å². The molecule has 1 aromatic heterocycles. The largest absolute Gasteiger partial charge is 0.493 e. The quantitative estimate of drug-likeness (QED) is 0.0481. The van der Waals surface area contributed by atoms with Gasteiger partial charge in [0.25, 0.3) is 11.8 Å². The molecule has 2 aliphatic heterocycles. The highest BCUT2D eigenvalue weighted by molar-refractivity contribution is 6.25. The van der Waals surface area contributed by atoms with E-state index in [2.05, 4.69) is 25.9 Å². The van der Waals surface area contributed by atoms with Gasteiger partial charge in [0.05, 0.1) is 48.1 Å². The Bertz CT molecular complexity index is 2600. The Labute approximate surface area is 385 Å². The monoisotopic (exact) mass is 928 g/mol. The van der Waals surface area contributed by atoms with E-state index in [1.54, 1.807) is 56.1 Å². The molecule has 0 radical (unpaired) electrons. The number of piperidine rings is 1. The molecular weight excluding hydrogens is 874 g/mol. The number of hydrogen-bond donors (Lipinski definition) is 4. The van der Waals surface area contributed by atoms with Crippen LogP contribution in [0, 0.1) is 12.3 Å². The summed E-state index contributed by atoms with van der Waals surface area (Å²) in [5.74, 6) is -0.407. The van der Waals surface area contributed by atoms with Crippen molar-refractivity contribution in [2.75, 3.05) is 50.3 Å². The molecule has 67 heavy (non-hydrogen) atoms. The number of nitrogens with zero attached hydrogens (tertiary/aromatic N) is 4. The van der Waals surface area contributed by atoms with Crippen molar-refractivity contribution in [2.24, 2.45) is 5.41 Å². The predicted octanol–water partition coefficient (Wildman–Crippen LogP) is 6.96. The summed E-state index contributed by atoms with van der Waals surface area (Å²) in [4.78, 5) is 76.1. The summed E-state index contributed by atoms with van der Waals surface area (Å²) in [6, 6.07) is 10.4. The lowest BCUT2D eigenvalue weighted by atomic mass is 9.92. The number of amides is 5. The number of carbonyl (C=O) groups excluding carboxylic acids is 5. The number of alkyl halides is 3. The molecule has 356 valence electrons. The van der Waals surface area contributed by atoms with Gasteiger partial charge in [-0.05, 0) is 107 Å². The number of fused-ring (bicyclic) bond motifs is 2. The normalized spacial score (nSPS) is 20.6. The Balaban J connectivity index is 0.795. The van der Waals surface area contributed by atoms with E-state index in [0.29, 0.717) is 77.9 Å². The molecule has 0 spiro atoms. The molecule has 4 aromatic rings. The number of benzene rings is 3. The highest BCUT2D eigenvalue weighted by Gasteiger charge is 2.47. The van der Waals surface area contributed by atoms with E-state index in [1.807, 2.05) is 0 Å². The first-order valence-corrected chi connectivity index (χ1v) is 22.6. The average Bonchev–Trinajstić information content (AvgIpc) is 4.00. The van der Waals surface area contributed by atoms with Crippen molar-refractivity contribution in [3.05, 3.63) is 76.6 Å². The number of nitrogen functional groups attached to an aromatic ring is 1. The molecule has 3 aromatic carbocycles. The summed E-state index contributed by atoms with van der Waals surface area (Å²) >= 11 is 0. The smallest absolute Gasteiger partial charge is 0.416 e. The molecule has 2 saturated carbocycles. The highest BCUT2D eigenvalue weighted by Crippen LogP contribution is 2.48. The first-order chi connectivity index (χ1) is 31.9. The maximum Gasteiger partial charge on any atom is 0.416 e. The van der Waals surface area contributed by atoms with Crippen molar-refractivity contribution < 1.29 is 51.4 Å². The number of hydrogen-bond acceptors (Lipinski definition) is 13. The Morgan fingerprint density at radius 3 is 2.48 bits per heavy atom. The molecule has 5 N–H and O–H groups in total. The predicted molar refractivity (Wildman–Crippen MR) is 241 cm³/mol. The SMILES string of the molecule is COc1cc2nc(C)nc(NC(C)c3cc(N)cc(C(F)(F)F)c3)c2cc1OCC1(CN(C)C(=O)CCCOC2CCC(Nc3cccc4c3C(=O)N(C3CCC(=O)NC3=O)C4=O)CC2)CC1. The fraction of sp³-hybridized carbons (Fsp3) is 0.479. The van der Waals surface area contributed by atoms with Crippen LogP contribution in [0.2, 0.25) is 0 Å². The molecule has 3 fully saturated rings. The third-order valence-corrected chi connectivity index (χ3v) is 13.1. The molecule has 8 rings (SSSR count). The molecule has 5 amide bonds. The van der Waals surface area contributed by atoms with Crippen LogP contribution in [-0.2, 0) is 25.3 Å². The Morgan fingerprint density at radius 2 is 1.78 bits per heavy atom. The first kappa shape index (κ1) is 47.0. The summed E-state index contributed by atoms with van der Waals surface area (Å²) in [7, 11) is 3.32. The minimum absolute atomic E-state index is 0.00103. The first-order valence-electron chi connectivity index (χ1n) is 22.6. The highest BCUT2D eigenvalue weighted by atomic mass is 19.4. The van der Waals surface area contributed by atoms with Crippen LogP contribution >= 0.6 is 0 Å². The Kier molecular flexibility index (Phi) is 13.3. The second-order valence-electron chi connectivity index (χ2n) is 18.2. The van der Waals surface area contributed by atoms with Crippen molar-refractivity contribution in [2.45, 2.75) is 108 Å². The van der Waals surface area contributed by atoms with Gasteiger partial charge in [-0.2, -0.15) is 13.2 Å². The Hall–Kier alpha value is -6.50. The standard InChI is InChI=1S/C48H55F3N8O8/c1-26(28-19-29(48(49,50)51)21-30(52)20-28)53-43-34-22-39(38(65-4)23-36(34)54-27(2)55-43)67-25-47(16-17-47)24-58(3)41(61)9-6-18-66-32-12-10-31(11-13-32)56-35-8-5-7-33-42(35)46(64)59(45(33)63)37-14-15-40(60)57-44(37)62/h5,7-8,19-23,26,31-32,37,56H,6,9-18,24-25,52H2,1-4H3,(H,53,54,55)(H,57,60,62). The van der Waals surface area contributed by atoms with Crippen LogP contribution < -0.4 is 31.2 Å². The molecule has 4 aliphatic rings. The zero-order valence-electron chi connectivity index (χ0n) is 37.9. The van der Waals surface area contributed by atoms with Crippen LogP contribution in [0.4, 0.5) is 30.4 Å². The van der Waals surface area contributed by atoms with Crippen LogP contribution in [-0.4, -0.2) is 101 Å². The zero-order chi connectivity index (χ0) is 47.8. The van der Waals surface area contributed by atoms with Gasteiger partial charge in [0.1, 0.15) is 17.7 Å². The molecular formula is C48H55F3N8O8. The van der Waals surface area contributed by atoms with Crippen molar-refractivity contribution in [3.8, 4) is 11.5 Å². The molecule has 1 saturated heterocycles. The summed E-state index contributed by atoms with van der Waals surface area (Å²) in [6.45, 7) is 4.71. The molecule has 3 heterocycles. The van der Waals surface area contributed by atoms with E-state index in [4.69, 9.17) is 19.9 Å². The van der Waals surface area contributed by atoms with Crippen molar-refractivity contribution >= 4 is 57.6 Å². The number of aryl methyl sites for hydroxylation is 1. The number of imide groups is 2. The lowest BCUT2D eigenvalue weighted by Gasteiger charge is -2.30. The molecule has 2 aliphatic carbocycles. The Morgan fingerprint density at radius 1 is 1.01 bits per heavy atom. The maximum atomic E-state index is 13.6. The third-order valence-electron chi connectivity index (χ3n) is 13.1. The summed E-state index contributed by atoms with van der Waals surface area (Å²) in [6.07, 6.45) is 1.34. The van der Waals surface area contributed by atoms with Gasteiger partial charge in [0.15, 0.2) is 11.5 Å². The van der Waals surface area contributed by atoms with Crippen molar-refractivity contribution in [1.29, 1.82) is 0 Å². The maximum absolute atomic E-state index is 13.6. The van der Waals surface area contributed by atoms with Gasteiger partial charge < -0.3 is 35.5 Å². The van der Waals surface area contributed by atoms with Crippen LogP contribution in [0.15, 0.2) is 48.5 Å². The van der Waals surface area contributed by atoms with Gasteiger partial charge in [-0.25, -0.2) is 9.97 Å². The number of carbonyl (C=O) groups is 5. The summed E-state index contributed by atoms with van der Waals surface area (Å²) in [5.41, 5.74) is 6.67. The van der Waals surface area contributed by atoms with Crippen molar-refractivity contribution in [1.82, 2.24) is 25.1 Å². The van der Waals surface area contributed by atoms with Gasteiger partial charge in [0, 0.05) is 67.3 Å². The lowest BCUT2D eigenvalue weighted by Crippen LogP contribution is -2.54. The number of aromatic nitrogens is 2. The topological polar surface area (TPSA) is 207 Å². The number of methoxy groups -OCH3 is 1. The fourth-order valence-corrected chi connectivity index (χ4v) is 9.25. The third kappa shape index (κ3) is 10.4. The second-order valence-corrected chi connectivity index (χ2v) is 18.2. The van der Waals surface area contributed by atoms with Gasteiger partial charge in [-0.15, -0.1) is 0 Å². The van der Waals surface area contributed by atoms with Gasteiger partial charge in [-0.3, -0.25) is 34.2 Å². The molecule has 0 bridgehead atoms. The number of halogens is 3. The minimum atomic E-state index is -4.55. The van der Waals surface area contributed by atoms with E-state index in [-0.39, 0.29) is 53.1 Å². The van der Waals surface area contributed by atoms with E-state index in [0.717, 1.165) is 55.6 Å². The summed E-state index contributed by atoms with van der Waals surface area (Å²) in [5, 5.41) is 9.51. The minimum Gasteiger partial charge on any atom is -0.493 e. The zero-order valence-corrected chi connectivity index (χ0v) is 37.9. The van der Waals surface area contributed by atoms with Crippen LogP contribution in [0.25, 0.3) is 10.9 Å². The summed E-state index contributed by atoms with van der Waals surface area (Å²) < 4.78 is 59.0. The molecule has 2 unspecified atom stereocenters. The van der Waals surface area contributed by atoms with Crippen molar-refractivity contribution in [3.63, 3.8) is 0 Å². The molecule has 19 heteroatoms. The number of ether oxygens (including phenoxy) is 3. The number of nitrogens with two attached hydrogens (primary N) is 1. The number of rotatable bonds is 17. The molecule has 16 nitrogen and oxygen atoms in total. The van der Waals surface area contributed by atoms with E-state index in [1.165, 1.54) is 13.2 Å². The van der Waals surface area contributed by atoms with Gasteiger partial charge >= 0.3 is 6.18 Å². The van der Waals surface area contributed by atoms with E-state index in [9.17, 15) is 37.1 Å². The lowest BCUT2D eigenvalue weighted by molar-refractivity contribution is -0.138. The second kappa shape index (κ2) is 19.0.